The zero-order valence-electron chi connectivity index (χ0n) is 17.0. The number of rotatable bonds is 8. The lowest BCUT2D eigenvalue weighted by molar-refractivity contribution is 0.0367. The number of sulfone groups is 1. The molecular weight excluding hydrogens is 416 g/mol. The van der Waals surface area contributed by atoms with Crippen LogP contribution in [0.3, 0.4) is 0 Å². The predicted octanol–water partition coefficient (Wildman–Crippen LogP) is 0.904. The molecule has 3 rings (SSSR count). The van der Waals surface area contributed by atoms with Crippen LogP contribution < -0.4 is 4.74 Å². The first-order valence-corrected chi connectivity index (χ1v) is 13.2. The number of sulfonamides is 1. The summed E-state index contributed by atoms with van der Waals surface area (Å²) < 4.78 is 63.2. The fraction of sp³-hybridized carbons (Fsp3) is 0.684. The van der Waals surface area contributed by atoms with Crippen LogP contribution in [0.1, 0.15) is 18.4 Å². The summed E-state index contributed by atoms with van der Waals surface area (Å²) in [5.41, 5.74) is 0.802. The van der Waals surface area contributed by atoms with Gasteiger partial charge in [-0.3, -0.25) is 4.90 Å². The van der Waals surface area contributed by atoms with Crippen LogP contribution in [0.4, 0.5) is 0 Å². The Kier molecular flexibility index (Phi) is 7.21. The summed E-state index contributed by atoms with van der Waals surface area (Å²) in [6.07, 6.45) is 0.956. The first-order valence-electron chi connectivity index (χ1n) is 9.90. The van der Waals surface area contributed by atoms with Gasteiger partial charge in [0.2, 0.25) is 10.0 Å². The Morgan fingerprint density at radius 1 is 1.28 bits per heavy atom. The second-order valence-electron chi connectivity index (χ2n) is 7.63. The van der Waals surface area contributed by atoms with Gasteiger partial charge in [0.05, 0.1) is 31.8 Å². The summed E-state index contributed by atoms with van der Waals surface area (Å²) in [6, 6.07) is 4.48. The number of nitrogens with zero attached hydrogens (tertiary/aromatic N) is 2. The van der Waals surface area contributed by atoms with Gasteiger partial charge < -0.3 is 9.47 Å². The standard InChI is InChI=1S/C19H30N2O6S2/c1-16-4-5-18(26-2)19(14-16)29(24,25)21(17-6-13-28(22,23)15-17)8-3-7-20-9-11-27-12-10-20/h4-5,14,17H,3,6-13,15H2,1-2H3/t17-/m0/s1. The molecule has 0 saturated carbocycles. The zero-order valence-corrected chi connectivity index (χ0v) is 18.7. The van der Waals surface area contributed by atoms with Crippen molar-refractivity contribution in [1.82, 2.24) is 9.21 Å². The molecule has 0 aromatic heterocycles. The molecule has 0 bridgehead atoms. The highest BCUT2D eigenvalue weighted by Gasteiger charge is 2.39. The Bertz CT molecular complexity index is 911. The summed E-state index contributed by atoms with van der Waals surface area (Å²) >= 11 is 0. The lowest BCUT2D eigenvalue weighted by atomic mass is 10.2. The van der Waals surface area contributed by atoms with Crippen LogP contribution in [0.25, 0.3) is 0 Å². The van der Waals surface area contributed by atoms with Gasteiger partial charge in [0.15, 0.2) is 9.84 Å². The van der Waals surface area contributed by atoms with Gasteiger partial charge in [0.25, 0.3) is 0 Å². The molecule has 8 nitrogen and oxygen atoms in total. The highest BCUT2D eigenvalue weighted by atomic mass is 32.2. The molecule has 10 heteroatoms. The molecule has 0 aliphatic carbocycles. The first kappa shape index (κ1) is 22.5. The minimum Gasteiger partial charge on any atom is -0.495 e. The number of hydrogen-bond acceptors (Lipinski definition) is 7. The highest BCUT2D eigenvalue weighted by molar-refractivity contribution is 7.92. The van der Waals surface area contributed by atoms with E-state index >= 15 is 0 Å². The van der Waals surface area contributed by atoms with Gasteiger partial charge in [-0.1, -0.05) is 6.07 Å². The number of hydrogen-bond donors (Lipinski definition) is 0. The van der Waals surface area contributed by atoms with Crippen LogP contribution in [0.5, 0.6) is 5.75 Å². The maximum atomic E-state index is 13.6. The number of aryl methyl sites for hydroxylation is 1. The summed E-state index contributed by atoms with van der Waals surface area (Å²) in [4.78, 5) is 2.34. The van der Waals surface area contributed by atoms with Crippen LogP contribution in [0.2, 0.25) is 0 Å². The van der Waals surface area contributed by atoms with E-state index in [2.05, 4.69) is 4.90 Å². The summed E-state index contributed by atoms with van der Waals surface area (Å²) in [6.45, 7) is 5.87. The van der Waals surface area contributed by atoms with Crippen LogP contribution >= 0.6 is 0 Å². The van der Waals surface area contributed by atoms with E-state index in [9.17, 15) is 16.8 Å². The quantitative estimate of drug-likeness (QED) is 0.586. The van der Waals surface area contributed by atoms with Crippen LogP contribution in [0.15, 0.2) is 23.1 Å². The van der Waals surface area contributed by atoms with Crippen molar-refractivity contribution in [1.29, 1.82) is 0 Å². The van der Waals surface area contributed by atoms with E-state index in [0.29, 0.717) is 26.1 Å². The second-order valence-corrected chi connectivity index (χ2v) is 11.7. The van der Waals surface area contributed by atoms with E-state index in [1.165, 1.54) is 11.4 Å². The maximum Gasteiger partial charge on any atom is 0.247 e. The molecule has 2 heterocycles. The molecule has 2 aliphatic rings. The molecule has 2 saturated heterocycles. The molecule has 0 radical (unpaired) electrons. The van der Waals surface area contributed by atoms with E-state index in [4.69, 9.17) is 9.47 Å². The summed E-state index contributed by atoms with van der Waals surface area (Å²) in [7, 11) is -5.68. The monoisotopic (exact) mass is 446 g/mol. The van der Waals surface area contributed by atoms with E-state index in [0.717, 1.165) is 25.2 Å². The Hall–Kier alpha value is -1.20. The van der Waals surface area contributed by atoms with Gasteiger partial charge in [-0.05, 0) is 44.0 Å². The van der Waals surface area contributed by atoms with Gasteiger partial charge in [-0.15, -0.1) is 0 Å². The highest BCUT2D eigenvalue weighted by Crippen LogP contribution is 2.31. The number of ether oxygens (including phenoxy) is 2. The molecule has 1 aromatic carbocycles. The van der Waals surface area contributed by atoms with E-state index < -0.39 is 25.9 Å². The van der Waals surface area contributed by atoms with Crippen molar-refractivity contribution in [2.24, 2.45) is 0 Å². The van der Waals surface area contributed by atoms with Crippen LogP contribution in [0, 0.1) is 6.92 Å². The zero-order chi connectivity index (χ0) is 21.1. The third kappa shape index (κ3) is 5.49. The Morgan fingerprint density at radius 3 is 2.62 bits per heavy atom. The molecule has 2 aliphatic heterocycles. The Labute approximate surface area is 173 Å². The molecule has 0 N–H and O–H groups in total. The second kappa shape index (κ2) is 9.30. The summed E-state index contributed by atoms with van der Waals surface area (Å²) in [5, 5.41) is 0. The number of methoxy groups -OCH3 is 1. The fourth-order valence-corrected chi connectivity index (χ4v) is 7.65. The van der Waals surface area contributed by atoms with Crippen LogP contribution in [-0.2, 0) is 24.6 Å². The molecule has 0 unspecified atom stereocenters. The summed E-state index contributed by atoms with van der Waals surface area (Å²) in [5.74, 6) is 0.172. The van der Waals surface area contributed by atoms with Gasteiger partial charge in [0, 0.05) is 25.7 Å². The Morgan fingerprint density at radius 2 is 2.00 bits per heavy atom. The number of benzene rings is 1. The van der Waals surface area contributed by atoms with E-state index in [1.54, 1.807) is 18.2 Å². The molecular formula is C19H30N2O6S2. The van der Waals surface area contributed by atoms with Crippen molar-refractivity contribution in [3.63, 3.8) is 0 Å². The Balaban J connectivity index is 1.84. The van der Waals surface area contributed by atoms with Gasteiger partial charge in [-0.25, -0.2) is 16.8 Å². The van der Waals surface area contributed by atoms with E-state index in [1.807, 2.05) is 6.92 Å². The first-order chi connectivity index (χ1) is 13.7. The fourth-order valence-electron chi connectivity index (χ4n) is 3.89. The van der Waals surface area contributed by atoms with Gasteiger partial charge in [0.1, 0.15) is 10.6 Å². The molecule has 2 fully saturated rings. The topological polar surface area (TPSA) is 93.2 Å². The van der Waals surface area contributed by atoms with Crippen molar-refractivity contribution >= 4 is 19.9 Å². The maximum absolute atomic E-state index is 13.6. The predicted molar refractivity (Wildman–Crippen MR) is 111 cm³/mol. The normalized spacial score (nSPS) is 22.8. The largest absolute Gasteiger partial charge is 0.495 e. The van der Waals surface area contributed by atoms with Crippen molar-refractivity contribution in [3.8, 4) is 5.75 Å². The van der Waals surface area contributed by atoms with Gasteiger partial charge >= 0.3 is 0 Å². The van der Waals surface area contributed by atoms with Crippen molar-refractivity contribution in [2.75, 3.05) is 58.0 Å². The minimum absolute atomic E-state index is 0.0259. The molecule has 0 amide bonds. The molecule has 1 atom stereocenters. The molecule has 29 heavy (non-hydrogen) atoms. The average molecular weight is 447 g/mol. The smallest absolute Gasteiger partial charge is 0.247 e. The number of morpholine rings is 1. The van der Waals surface area contributed by atoms with Crippen LogP contribution in [-0.4, -0.2) is 90.1 Å². The molecule has 164 valence electrons. The SMILES string of the molecule is COc1ccc(C)cc1S(=O)(=O)N(CCCN1CCOCC1)[C@H]1CCS(=O)(=O)C1. The van der Waals surface area contributed by atoms with Crippen molar-refractivity contribution in [2.45, 2.75) is 30.7 Å². The minimum atomic E-state index is -3.90. The lowest BCUT2D eigenvalue weighted by Crippen LogP contribution is -2.43. The van der Waals surface area contributed by atoms with Gasteiger partial charge in [-0.2, -0.15) is 4.31 Å². The molecule has 1 aromatic rings. The third-order valence-corrected chi connectivity index (χ3v) is 9.20. The lowest BCUT2D eigenvalue weighted by Gasteiger charge is -2.30. The average Bonchev–Trinajstić information content (AvgIpc) is 3.05. The van der Waals surface area contributed by atoms with Crippen molar-refractivity contribution < 1.29 is 26.3 Å². The molecule has 0 spiro atoms. The van der Waals surface area contributed by atoms with E-state index in [-0.39, 0.29) is 28.7 Å². The van der Waals surface area contributed by atoms with Crippen molar-refractivity contribution in [3.05, 3.63) is 23.8 Å². The third-order valence-electron chi connectivity index (χ3n) is 5.48.